The first-order chi connectivity index (χ1) is 9.47. The van der Waals surface area contributed by atoms with Gasteiger partial charge in [-0.25, -0.2) is 4.98 Å². The lowest BCUT2D eigenvalue weighted by molar-refractivity contribution is -0.138. The highest BCUT2D eigenvalue weighted by molar-refractivity contribution is 7.99. The lowest BCUT2D eigenvalue weighted by Crippen LogP contribution is -2.36. The zero-order valence-electron chi connectivity index (χ0n) is 10.8. The first kappa shape index (κ1) is 15.2. The van der Waals surface area contributed by atoms with Crippen molar-refractivity contribution in [3.8, 4) is 0 Å². The molecule has 1 aliphatic heterocycles. The Morgan fingerprint density at radius 1 is 1.25 bits per heavy atom. The fraction of sp³-hybridized carbons (Fsp3) is 0.538. The summed E-state index contributed by atoms with van der Waals surface area (Å²) in [5.74, 6) is 0.245. The molecule has 0 N–H and O–H groups in total. The number of nitrogens with zero attached hydrogens (tertiary/aromatic N) is 2. The average molecular weight is 304 g/mol. The second kappa shape index (κ2) is 6.47. The van der Waals surface area contributed by atoms with Gasteiger partial charge in [0.05, 0.1) is 16.3 Å². The predicted octanol–water partition coefficient (Wildman–Crippen LogP) is 3.21. The summed E-state index contributed by atoms with van der Waals surface area (Å²) in [7, 11) is 0. The first-order valence-electron chi connectivity index (χ1n) is 6.40. The summed E-state index contributed by atoms with van der Waals surface area (Å²) in [5.41, 5.74) is -0.774. The summed E-state index contributed by atoms with van der Waals surface area (Å²) in [6.45, 7) is 1.56. The lowest BCUT2D eigenvalue weighted by Gasteiger charge is -2.26. The van der Waals surface area contributed by atoms with E-state index in [1.54, 1.807) is 4.90 Å². The molecule has 0 atom stereocenters. The van der Waals surface area contributed by atoms with Crippen molar-refractivity contribution in [2.45, 2.75) is 30.5 Å². The minimum absolute atomic E-state index is 0.0244. The van der Waals surface area contributed by atoms with Crippen LogP contribution in [0, 0.1) is 0 Å². The van der Waals surface area contributed by atoms with Crippen LogP contribution in [0.15, 0.2) is 23.4 Å². The third-order valence-corrected chi connectivity index (χ3v) is 4.04. The Labute approximate surface area is 119 Å². The van der Waals surface area contributed by atoms with E-state index in [1.165, 1.54) is 17.8 Å². The maximum Gasteiger partial charge on any atom is 0.417 e. The molecule has 2 heterocycles. The minimum atomic E-state index is -4.38. The van der Waals surface area contributed by atoms with Crippen molar-refractivity contribution in [1.29, 1.82) is 0 Å². The molecule has 0 spiro atoms. The normalized spacial score (nSPS) is 16.2. The monoisotopic (exact) mass is 304 g/mol. The number of hydrogen-bond acceptors (Lipinski definition) is 3. The first-order valence-corrected chi connectivity index (χ1v) is 7.39. The molecule has 0 radical (unpaired) electrons. The van der Waals surface area contributed by atoms with Gasteiger partial charge in [0.25, 0.3) is 0 Å². The molecule has 0 saturated carbocycles. The number of pyridine rings is 1. The summed E-state index contributed by atoms with van der Waals surface area (Å²) in [6.07, 6.45) is -0.380. The van der Waals surface area contributed by atoms with E-state index in [1.807, 2.05) is 0 Å². The highest BCUT2D eigenvalue weighted by Gasteiger charge is 2.30. The summed E-state index contributed by atoms with van der Waals surface area (Å²) in [5, 5.41) is 0.434. The summed E-state index contributed by atoms with van der Waals surface area (Å²) < 4.78 is 37.1. The van der Waals surface area contributed by atoms with Crippen LogP contribution >= 0.6 is 11.8 Å². The fourth-order valence-corrected chi connectivity index (χ4v) is 2.75. The van der Waals surface area contributed by atoms with Crippen molar-refractivity contribution in [1.82, 2.24) is 9.88 Å². The van der Waals surface area contributed by atoms with Crippen molar-refractivity contribution >= 4 is 17.7 Å². The predicted molar refractivity (Wildman–Crippen MR) is 70.4 cm³/mol. The molecule has 0 bridgehead atoms. The van der Waals surface area contributed by atoms with Crippen LogP contribution < -0.4 is 0 Å². The van der Waals surface area contributed by atoms with E-state index in [0.29, 0.717) is 5.03 Å². The molecule has 0 aliphatic carbocycles. The number of amides is 1. The standard InChI is InChI=1S/C13H15F3N2OS/c14-13(15,16)10-4-5-11(17-8-10)20-9-12(19)18-6-2-1-3-7-18/h4-5,8H,1-3,6-7,9H2. The van der Waals surface area contributed by atoms with Crippen LogP contribution in [-0.4, -0.2) is 34.6 Å². The molecule has 1 aliphatic rings. The molecule has 1 amide bonds. The van der Waals surface area contributed by atoms with Crippen LogP contribution in [-0.2, 0) is 11.0 Å². The molecule has 1 aromatic rings. The van der Waals surface area contributed by atoms with Crippen LogP contribution in [0.2, 0.25) is 0 Å². The van der Waals surface area contributed by atoms with Gasteiger partial charge >= 0.3 is 6.18 Å². The highest BCUT2D eigenvalue weighted by atomic mass is 32.2. The molecule has 2 rings (SSSR count). The number of aromatic nitrogens is 1. The molecule has 7 heteroatoms. The third-order valence-electron chi connectivity index (χ3n) is 3.12. The van der Waals surface area contributed by atoms with Crippen LogP contribution in [0.4, 0.5) is 13.2 Å². The SMILES string of the molecule is O=C(CSc1ccc(C(F)(F)F)cn1)N1CCCCC1. The second-order valence-electron chi connectivity index (χ2n) is 4.61. The van der Waals surface area contributed by atoms with Gasteiger partial charge in [-0.1, -0.05) is 11.8 Å². The van der Waals surface area contributed by atoms with E-state index in [9.17, 15) is 18.0 Å². The average Bonchev–Trinajstić information content (AvgIpc) is 2.45. The number of thioether (sulfide) groups is 1. The van der Waals surface area contributed by atoms with E-state index in [4.69, 9.17) is 0 Å². The van der Waals surface area contributed by atoms with Gasteiger partial charge in [-0.05, 0) is 31.4 Å². The Hall–Kier alpha value is -1.24. The van der Waals surface area contributed by atoms with Gasteiger partial charge in [0.2, 0.25) is 5.91 Å². The molecule has 3 nitrogen and oxygen atoms in total. The number of rotatable bonds is 3. The van der Waals surface area contributed by atoms with Gasteiger partial charge in [-0.3, -0.25) is 4.79 Å². The van der Waals surface area contributed by atoms with Gasteiger partial charge < -0.3 is 4.90 Å². The summed E-state index contributed by atoms with van der Waals surface area (Å²) in [4.78, 5) is 17.4. The molecular weight excluding hydrogens is 289 g/mol. The Morgan fingerprint density at radius 3 is 2.50 bits per heavy atom. The van der Waals surface area contributed by atoms with Gasteiger partial charge in [0, 0.05) is 19.3 Å². The van der Waals surface area contributed by atoms with Crippen molar-refractivity contribution in [2.24, 2.45) is 0 Å². The van der Waals surface area contributed by atoms with Crippen molar-refractivity contribution < 1.29 is 18.0 Å². The van der Waals surface area contributed by atoms with Crippen LogP contribution in [0.5, 0.6) is 0 Å². The van der Waals surface area contributed by atoms with Gasteiger partial charge in [-0.15, -0.1) is 0 Å². The molecule has 1 saturated heterocycles. The summed E-state index contributed by atoms with van der Waals surface area (Å²) in [6, 6.07) is 2.29. The molecule has 1 aromatic heterocycles. The zero-order chi connectivity index (χ0) is 14.6. The Balaban J connectivity index is 1.86. The highest BCUT2D eigenvalue weighted by Crippen LogP contribution is 2.29. The number of carbonyl (C=O) groups is 1. The van der Waals surface area contributed by atoms with E-state index < -0.39 is 11.7 Å². The third kappa shape index (κ3) is 4.13. The van der Waals surface area contributed by atoms with Crippen molar-refractivity contribution in [3.05, 3.63) is 23.9 Å². The molecule has 110 valence electrons. The van der Waals surface area contributed by atoms with E-state index >= 15 is 0 Å². The molecular formula is C13H15F3N2OS. The van der Waals surface area contributed by atoms with E-state index in [2.05, 4.69) is 4.98 Å². The van der Waals surface area contributed by atoms with Crippen LogP contribution in [0.3, 0.4) is 0 Å². The van der Waals surface area contributed by atoms with Gasteiger partial charge in [-0.2, -0.15) is 13.2 Å². The van der Waals surface area contributed by atoms with E-state index in [0.717, 1.165) is 44.6 Å². The zero-order valence-corrected chi connectivity index (χ0v) is 11.6. The van der Waals surface area contributed by atoms with Crippen molar-refractivity contribution in [3.63, 3.8) is 0 Å². The number of hydrogen-bond donors (Lipinski definition) is 0. The topological polar surface area (TPSA) is 33.2 Å². The van der Waals surface area contributed by atoms with E-state index in [-0.39, 0.29) is 11.7 Å². The quantitative estimate of drug-likeness (QED) is 0.804. The maximum atomic E-state index is 12.4. The number of alkyl halides is 3. The Bertz CT molecular complexity index is 456. The fourth-order valence-electron chi connectivity index (χ4n) is 2.00. The molecule has 20 heavy (non-hydrogen) atoms. The summed E-state index contributed by atoms with van der Waals surface area (Å²) >= 11 is 1.17. The second-order valence-corrected chi connectivity index (χ2v) is 5.61. The Morgan fingerprint density at radius 2 is 1.95 bits per heavy atom. The van der Waals surface area contributed by atoms with Crippen LogP contribution in [0.25, 0.3) is 0 Å². The number of piperidine rings is 1. The van der Waals surface area contributed by atoms with Crippen molar-refractivity contribution in [2.75, 3.05) is 18.8 Å². The number of carbonyl (C=O) groups excluding carboxylic acids is 1. The Kier molecular flexibility index (Phi) is 4.91. The molecule has 1 fully saturated rings. The maximum absolute atomic E-state index is 12.4. The van der Waals surface area contributed by atoms with Gasteiger partial charge in [0.15, 0.2) is 0 Å². The minimum Gasteiger partial charge on any atom is -0.342 e. The number of halogens is 3. The van der Waals surface area contributed by atoms with Gasteiger partial charge in [0.1, 0.15) is 0 Å². The van der Waals surface area contributed by atoms with Crippen LogP contribution in [0.1, 0.15) is 24.8 Å². The lowest BCUT2D eigenvalue weighted by atomic mass is 10.1. The molecule has 0 aromatic carbocycles. The number of likely N-dealkylation sites (tertiary alicyclic amines) is 1. The smallest absolute Gasteiger partial charge is 0.342 e. The molecule has 0 unspecified atom stereocenters. The largest absolute Gasteiger partial charge is 0.417 e.